The fourth-order valence-electron chi connectivity index (χ4n) is 1.70. The van der Waals surface area contributed by atoms with Crippen molar-refractivity contribution in [3.8, 4) is 6.07 Å². The second kappa shape index (κ2) is 3.03. The van der Waals surface area contributed by atoms with Gasteiger partial charge in [-0.2, -0.15) is 5.26 Å². The summed E-state index contributed by atoms with van der Waals surface area (Å²) in [7, 11) is 0. The molecule has 10 heavy (non-hydrogen) atoms. The highest BCUT2D eigenvalue weighted by molar-refractivity contribution is 4.86. The van der Waals surface area contributed by atoms with E-state index in [1.165, 1.54) is 6.42 Å². The van der Waals surface area contributed by atoms with Crippen LogP contribution in [-0.2, 0) is 0 Å². The van der Waals surface area contributed by atoms with E-state index >= 15 is 0 Å². The van der Waals surface area contributed by atoms with E-state index in [2.05, 4.69) is 24.8 Å². The summed E-state index contributed by atoms with van der Waals surface area (Å²) in [4.78, 5) is 2.24. The van der Waals surface area contributed by atoms with Crippen molar-refractivity contribution in [2.24, 2.45) is 5.92 Å². The molecule has 1 saturated heterocycles. The first kappa shape index (κ1) is 7.56. The lowest BCUT2D eigenvalue weighted by atomic mass is 10.1. The molecule has 0 bridgehead atoms. The zero-order valence-electron chi connectivity index (χ0n) is 6.67. The van der Waals surface area contributed by atoms with Crippen molar-refractivity contribution in [3.05, 3.63) is 0 Å². The summed E-state index contributed by atoms with van der Waals surface area (Å²) in [6, 6.07) is 2.81. The molecule has 2 unspecified atom stereocenters. The number of hydrogen-bond acceptors (Lipinski definition) is 2. The molecule has 0 radical (unpaired) electrons. The smallest absolute Gasteiger partial charge is 0.0868 e. The molecule has 0 aromatic heterocycles. The van der Waals surface area contributed by atoms with Crippen LogP contribution in [0.5, 0.6) is 0 Å². The SMILES string of the molecule is CC1CC(C)N(CC#N)C1. The van der Waals surface area contributed by atoms with Crippen LogP contribution in [0.3, 0.4) is 0 Å². The highest BCUT2D eigenvalue weighted by atomic mass is 15.2. The molecule has 0 saturated carbocycles. The molecule has 2 nitrogen and oxygen atoms in total. The molecule has 1 fully saturated rings. The Morgan fingerprint density at radius 1 is 1.60 bits per heavy atom. The van der Waals surface area contributed by atoms with Gasteiger partial charge in [0.15, 0.2) is 0 Å². The normalized spacial score (nSPS) is 34.1. The zero-order valence-corrected chi connectivity index (χ0v) is 6.67. The predicted molar refractivity (Wildman–Crippen MR) is 40.4 cm³/mol. The predicted octanol–water partition coefficient (Wildman–Crippen LogP) is 1.24. The van der Waals surface area contributed by atoms with E-state index in [-0.39, 0.29) is 0 Å². The van der Waals surface area contributed by atoms with E-state index in [9.17, 15) is 0 Å². The van der Waals surface area contributed by atoms with Crippen LogP contribution in [-0.4, -0.2) is 24.0 Å². The monoisotopic (exact) mass is 138 g/mol. The maximum Gasteiger partial charge on any atom is 0.0868 e. The average molecular weight is 138 g/mol. The van der Waals surface area contributed by atoms with Gasteiger partial charge >= 0.3 is 0 Å². The van der Waals surface area contributed by atoms with Gasteiger partial charge in [-0.1, -0.05) is 6.92 Å². The summed E-state index contributed by atoms with van der Waals surface area (Å²) >= 11 is 0. The van der Waals surface area contributed by atoms with Crippen LogP contribution in [0, 0.1) is 17.2 Å². The molecule has 2 atom stereocenters. The highest BCUT2D eigenvalue weighted by Crippen LogP contribution is 2.20. The molecular weight excluding hydrogens is 124 g/mol. The third-order valence-electron chi connectivity index (χ3n) is 2.19. The number of hydrogen-bond donors (Lipinski definition) is 0. The van der Waals surface area contributed by atoms with Gasteiger partial charge in [-0.3, -0.25) is 4.90 Å². The van der Waals surface area contributed by atoms with Crippen molar-refractivity contribution in [1.29, 1.82) is 5.26 Å². The Labute approximate surface area is 62.4 Å². The molecule has 1 aliphatic rings. The Balaban J connectivity index is 2.40. The van der Waals surface area contributed by atoms with Gasteiger partial charge < -0.3 is 0 Å². The summed E-state index contributed by atoms with van der Waals surface area (Å²) in [5.74, 6) is 0.781. The summed E-state index contributed by atoms with van der Waals surface area (Å²) in [5, 5.41) is 8.44. The van der Waals surface area contributed by atoms with Gasteiger partial charge in [-0.15, -0.1) is 0 Å². The molecule has 1 heterocycles. The van der Waals surface area contributed by atoms with E-state index in [4.69, 9.17) is 5.26 Å². The van der Waals surface area contributed by atoms with Gasteiger partial charge in [-0.25, -0.2) is 0 Å². The van der Waals surface area contributed by atoms with Crippen LogP contribution < -0.4 is 0 Å². The summed E-state index contributed by atoms with van der Waals surface area (Å²) in [6.45, 7) is 6.15. The summed E-state index contributed by atoms with van der Waals surface area (Å²) in [5.41, 5.74) is 0. The lowest BCUT2D eigenvalue weighted by molar-refractivity contribution is 0.298. The molecule has 1 aliphatic heterocycles. The van der Waals surface area contributed by atoms with Gasteiger partial charge in [-0.05, 0) is 19.3 Å². The van der Waals surface area contributed by atoms with Crippen LogP contribution in [0.25, 0.3) is 0 Å². The topological polar surface area (TPSA) is 27.0 Å². The van der Waals surface area contributed by atoms with Crippen LogP contribution >= 0.6 is 0 Å². The molecule has 0 aliphatic carbocycles. The first-order chi connectivity index (χ1) is 4.74. The number of nitrogens with zero attached hydrogens (tertiary/aromatic N) is 2. The Bertz CT molecular complexity index is 148. The first-order valence-electron chi connectivity index (χ1n) is 3.85. The van der Waals surface area contributed by atoms with Crippen LogP contribution in [0.2, 0.25) is 0 Å². The minimum atomic E-state index is 0.603. The maximum absolute atomic E-state index is 8.44. The molecule has 56 valence electrons. The van der Waals surface area contributed by atoms with Crippen molar-refractivity contribution in [1.82, 2.24) is 4.90 Å². The Kier molecular flexibility index (Phi) is 2.29. The van der Waals surface area contributed by atoms with E-state index in [1.807, 2.05) is 0 Å². The second-order valence-electron chi connectivity index (χ2n) is 3.28. The minimum absolute atomic E-state index is 0.603. The lowest BCUT2D eigenvalue weighted by Crippen LogP contribution is -2.27. The van der Waals surface area contributed by atoms with Crippen LogP contribution in [0.15, 0.2) is 0 Å². The highest BCUT2D eigenvalue weighted by Gasteiger charge is 2.24. The molecule has 1 rings (SSSR count). The Morgan fingerprint density at radius 3 is 2.70 bits per heavy atom. The van der Waals surface area contributed by atoms with Gasteiger partial charge in [0.1, 0.15) is 0 Å². The average Bonchev–Trinajstić information content (AvgIpc) is 2.13. The van der Waals surface area contributed by atoms with Gasteiger partial charge in [0.05, 0.1) is 12.6 Å². The largest absolute Gasteiger partial charge is 0.288 e. The molecule has 2 heteroatoms. The Morgan fingerprint density at radius 2 is 2.30 bits per heavy atom. The number of likely N-dealkylation sites (tertiary alicyclic amines) is 1. The molecule has 0 aromatic carbocycles. The van der Waals surface area contributed by atoms with E-state index < -0.39 is 0 Å². The Hall–Kier alpha value is -0.550. The standard InChI is InChI=1S/C8H14N2/c1-7-5-8(2)10(6-7)4-3-9/h7-8H,4-6H2,1-2H3. The number of rotatable bonds is 1. The van der Waals surface area contributed by atoms with Crippen LogP contribution in [0.1, 0.15) is 20.3 Å². The second-order valence-corrected chi connectivity index (χ2v) is 3.28. The third-order valence-corrected chi connectivity index (χ3v) is 2.19. The van der Waals surface area contributed by atoms with Gasteiger partial charge in [0.2, 0.25) is 0 Å². The lowest BCUT2D eigenvalue weighted by Gasteiger charge is -2.15. The summed E-state index contributed by atoms with van der Waals surface area (Å²) < 4.78 is 0. The van der Waals surface area contributed by atoms with Gasteiger partial charge in [0.25, 0.3) is 0 Å². The third kappa shape index (κ3) is 1.48. The van der Waals surface area contributed by atoms with Crippen molar-refractivity contribution in [2.45, 2.75) is 26.3 Å². The van der Waals surface area contributed by atoms with Crippen molar-refractivity contribution in [2.75, 3.05) is 13.1 Å². The fourth-order valence-corrected chi connectivity index (χ4v) is 1.70. The van der Waals surface area contributed by atoms with Crippen LogP contribution in [0.4, 0.5) is 0 Å². The fraction of sp³-hybridized carbons (Fsp3) is 0.875. The molecule has 0 N–H and O–H groups in total. The summed E-state index contributed by atoms with van der Waals surface area (Å²) in [6.07, 6.45) is 1.25. The van der Waals surface area contributed by atoms with Gasteiger partial charge in [0, 0.05) is 12.6 Å². The van der Waals surface area contributed by atoms with E-state index in [0.717, 1.165) is 12.5 Å². The first-order valence-corrected chi connectivity index (χ1v) is 3.85. The van der Waals surface area contributed by atoms with Crippen molar-refractivity contribution < 1.29 is 0 Å². The molecule has 0 spiro atoms. The van der Waals surface area contributed by atoms with E-state index in [0.29, 0.717) is 12.6 Å². The molecular formula is C8H14N2. The molecule has 0 aromatic rings. The van der Waals surface area contributed by atoms with Crippen molar-refractivity contribution in [3.63, 3.8) is 0 Å². The zero-order chi connectivity index (χ0) is 7.56. The van der Waals surface area contributed by atoms with E-state index in [1.54, 1.807) is 0 Å². The van der Waals surface area contributed by atoms with Crippen molar-refractivity contribution >= 4 is 0 Å². The quantitative estimate of drug-likeness (QED) is 0.510. The minimum Gasteiger partial charge on any atom is -0.288 e. The maximum atomic E-state index is 8.44. The number of nitriles is 1. The molecule has 0 amide bonds.